The molecule has 5 heteroatoms. The molecule has 25 heavy (non-hydrogen) atoms. The van der Waals surface area contributed by atoms with Gasteiger partial charge in [-0.3, -0.25) is 9.59 Å². The molecule has 0 radical (unpaired) electrons. The lowest BCUT2D eigenvalue weighted by atomic mass is 10.0. The second kappa shape index (κ2) is 7.02. The van der Waals surface area contributed by atoms with Crippen LogP contribution in [0.2, 0.25) is 0 Å². The Morgan fingerprint density at radius 2 is 1.84 bits per heavy atom. The molecular formula is C20H26N2O2S. The van der Waals surface area contributed by atoms with E-state index >= 15 is 0 Å². The van der Waals surface area contributed by atoms with Crippen molar-refractivity contribution in [2.24, 2.45) is 5.92 Å². The summed E-state index contributed by atoms with van der Waals surface area (Å²) in [5, 5.41) is 0.582. The molecule has 2 amide bonds. The summed E-state index contributed by atoms with van der Waals surface area (Å²) in [5.74, 6) is 0.287. The van der Waals surface area contributed by atoms with E-state index in [1.165, 1.54) is 10.5 Å². The second-order valence-corrected chi connectivity index (χ2v) is 8.93. The maximum Gasteiger partial charge on any atom is 0.227 e. The van der Waals surface area contributed by atoms with Gasteiger partial charge in [0.1, 0.15) is 0 Å². The Morgan fingerprint density at radius 3 is 2.52 bits per heavy atom. The fourth-order valence-electron chi connectivity index (χ4n) is 3.96. The van der Waals surface area contributed by atoms with Crippen molar-refractivity contribution in [1.82, 2.24) is 9.80 Å². The Balaban J connectivity index is 1.29. The van der Waals surface area contributed by atoms with Crippen molar-refractivity contribution in [3.8, 4) is 0 Å². The van der Waals surface area contributed by atoms with E-state index in [-0.39, 0.29) is 17.7 Å². The Labute approximate surface area is 153 Å². The van der Waals surface area contributed by atoms with Gasteiger partial charge in [-0.05, 0) is 44.2 Å². The Bertz CT molecular complexity index is 665. The summed E-state index contributed by atoms with van der Waals surface area (Å²) >= 11 is 1.95. The fraction of sp³-hybridized carbons (Fsp3) is 0.600. The van der Waals surface area contributed by atoms with Crippen molar-refractivity contribution in [3.63, 3.8) is 0 Å². The number of nitrogens with zero attached hydrogens (tertiary/aromatic N) is 2. The van der Waals surface area contributed by atoms with Crippen molar-refractivity contribution in [3.05, 3.63) is 29.8 Å². The summed E-state index contributed by atoms with van der Waals surface area (Å²) < 4.78 is 0. The van der Waals surface area contributed by atoms with Gasteiger partial charge in [0.25, 0.3) is 0 Å². The molecule has 4 rings (SSSR count). The molecule has 3 fully saturated rings. The standard InChI is InChI=1S/C20H26N2O2S/c1-14-4-2-3-5-18(14)25-17-8-10-21(11-9-17)20(24)15-12-19(23)22(13-15)16-6-7-16/h2-5,15-17H,6-13H2,1H3. The monoisotopic (exact) mass is 358 g/mol. The highest BCUT2D eigenvalue weighted by molar-refractivity contribution is 8.00. The molecule has 0 spiro atoms. The van der Waals surface area contributed by atoms with Crippen LogP contribution in [0.25, 0.3) is 0 Å². The first-order chi connectivity index (χ1) is 12.1. The van der Waals surface area contributed by atoms with Crippen LogP contribution in [-0.2, 0) is 9.59 Å². The topological polar surface area (TPSA) is 40.6 Å². The van der Waals surface area contributed by atoms with E-state index in [1.54, 1.807) is 0 Å². The molecule has 0 aromatic heterocycles. The smallest absolute Gasteiger partial charge is 0.227 e. The van der Waals surface area contributed by atoms with Crippen LogP contribution < -0.4 is 0 Å². The fourth-order valence-corrected chi connectivity index (χ4v) is 5.17. The van der Waals surface area contributed by atoms with Gasteiger partial charge in [0.2, 0.25) is 11.8 Å². The van der Waals surface area contributed by atoms with E-state index in [0.29, 0.717) is 24.3 Å². The lowest BCUT2D eigenvalue weighted by Crippen LogP contribution is -2.43. The van der Waals surface area contributed by atoms with E-state index in [2.05, 4.69) is 31.2 Å². The van der Waals surface area contributed by atoms with Crippen LogP contribution in [0, 0.1) is 12.8 Å². The summed E-state index contributed by atoms with van der Waals surface area (Å²) in [6.07, 6.45) is 4.74. The minimum atomic E-state index is -0.103. The number of aryl methyl sites for hydroxylation is 1. The van der Waals surface area contributed by atoms with Gasteiger partial charge in [-0.15, -0.1) is 11.8 Å². The average molecular weight is 359 g/mol. The van der Waals surface area contributed by atoms with Gasteiger partial charge in [0, 0.05) is 42.2 Å². The van der Waals surface area contributed by atoms with Crippen molar-refractivity contribution in [2.45, 2.75) is 55.2 Å². The van der Waals surface area contributed by atoms with Crippen LogP contribution in [0.5, 0.6) is 0 Å². The number of piperidine rings is 1. The summed E-state index contributed by atoms with van der Waals surface area (Å²) in [7, 11) is 0. The molecule has 0 bridgehead atoms. The molecule has 2 aliphatic heterocycles. The zero-order valence-corrected chi connectivity index (χ0v) is 15.6. The van der Waals surface area contributed by atoms with Gasteiger partial charge < -0.3 is 9.80 Å². The van der Waals surface area contributed by atoms with E-state index in [4.69, 9.17) is 0 Å². The molecule has 3 aliphatic rings. The number of rotatable bonds is 4. The molecule has 1 atom stereocenters. The first kappa shape index (κ1) is 17.0. The largest absolute Gasteiger partial charge is 0.342 e. The summed E-state index contributed by atoms with van der Waals surface area (Å²) in [6, 6.07) is 8.95. The van der Waals surface area contributed by atoms with E-state index in [1.807, 2.05) is 21.6 Å². The number of likely N-dealkylation sites (tertiary alicyclic amines) is 2. The first-order valence-corrected chi connectivity index (χ1v) is 10.3. The van der Waals surface area contributed by atoms with Crippen LogP contribution in [-0.4, -0.2) is 52.5 Å². The third kappa shape index (κ3) is 3.71. The number of amides is 2. The highest BCUT2D eigenvalue weighted by atomic mass is 32.2. The minimum absolute atomic E-state index is 0.103. The zero-order chi connectivity index (χ0) is 17.4. The lowest BCUT2D eigenvalue weighted by molar-refractivity contribution is -0.136. The Kier molecular flexibility index (Phi) is 4.76. The summed E-state index contributed by atoms with van der Waals surface area (Å²) in [4.78, 5) is 30.2. The molecule has 2 heterocycles. The van der Waals surface area contributed by atoms with Crippen molar-refractivity contribution in [1.29, 1.82) is 0 Å². The molecule has 0 N–H and O–H groups in total. The Morgan fingerprint density at radius 1 is 1.12 bits per heavy atom. The maximum atomic E-state index is 12.8. The summed E-state index contributed by atoms with van der Waals surface area (Å²) in [6.45, 7) is 4.47. The van der Waals surface area contributed by atoms with Crippen molar-refractivity contribution >= 4 is 23.6 Å². The molecule has 1 aliphatic carbocycles. The molecule has 134 valence electrons. The number of hydrogen-bond donors (Lipinski definition) is 0. The predicted octanol–water partition coefficient (Wildman–Crippen LogP) is 3.09. The van der Waals surface area contributed by atoms with E-state index < -0.39 is 0 Å². The predicted molar refractivity (Wildman–Crippen MR) is 99.5 cm³/mol. The number of benzene rings is 1. The van der Waals surface area contributed by atoms with Gasteiger partial charge in [0.15, 0.2) is 0 Å². The molecule has 4 nitrogen and oxygen atoms in total. The Hall–Kier alpha value is -1.49. The van der Waals surface area contributed by atoms with Crippen LogP contribution in [0.4, 0.5) is 0 Å². The molecule has 1 aromatic rings. The van der Waals surface area contributed by atoms with Crippen molar-refractivity contribution < 1.29 is 9.59 Å². The van der Waals surface area contributed by atoms with Crippen LogP contribution in [0.3, 0.4) is 0 Å². The number of carbonyl (C=O) groups excluding carboxylic acids is 2. The SMILES string of the molecule is Cc1ccccc1SC1CCN(C(=O)C2CC(=O)N(C3CC3)C2)CC1. The van der Waals surface area contributed by atoms with E-state index in [9.17, 15) is 9.59 Å². The number of hydrogen-bond acceptors (Lipinski definition) is 3. The molecule has 2 saturated heterocycles. The van der Waals surface area contributed by atoms with Gasteiger partial charge in [-0.1, -0.05) is 18.2 Å². The normalized spacial score (nSPS) is 24.8. The molecule has 1 aromatic carbocycles. The molecule has 1 unspecified atom stereocenters. The van der Waals surface area contributed by atoms with Gasteiger partial charge in [-0.2, -0.15) is 0 Å². The quantitative estimate of drug-likeness (QED) is 0.830. The van der Waals surface area contributed by atoms with Gasteiger partial charge in [-0.25, -0.2) is 0 Å². The zero-order valence-electron chi connectivity index (χ0n) is 14.8. The maximum absolute atomic E-state index is 12.8. The highest BCUT2D eigenvalue weighted by Gasteiger charge is 2.43. The van der Waals surface area contributed by atoms with Crippen molar-refractivity contribution in [2.75, 3.05) is 19.6 Å². The lowest BCUT2D eigenvalue weighted by Gasteiger charge is -2.33. The third-order valence-electron chi connectivity index (χ3n) is 5.64. The van der Waals surface area contributed by atoms with Crippen LogP contribution in [0.15, 0.2) is 29.2 Å². The average Bonchev–Trinajstić information content (AvgIpc) is 3.39. The summed E-state index contributed by atoms with van der Waals surface area (Å²) in [5.41, 5.74) is 1.33. The molecular weight excluding hydrogens is 332 g/mol. The van der Waals surface area contributed by atoms with Crippen LogP contribution >= 0.6 is 11.8 Å². The van der Waals surface area contributed by atoms with Gasteiger partial charge in [0.05, 0.1) is 5.92 Å². The van der Waals surface area contributed by atoms with Crippen LogP contribution in [0.1, 0.15) is 37.7 Å². The molecule has 1 saturated carbocycles. The number of thioether (sulfide) groups is 1. The minimum Gasteiger partial charge on any atom is -0.342 e. The first-order valence-electron chi connectivity index (χ1n) is 9.42. The highest BCUT2D eigenvalue weighted by Crippen LogP contribution is 2.35. The second-order valence-electron chi connectivity index (χ2n) is 7.59. The third-order valence-corrected chi connectivity index (χ3v) is 7.15. The number of carbonyl (C=O) groups is 2. The van der Waals surface area contributed by atoms with E-state index in [0.717, 1.165) is 38.8 Å². The van der Waals surface area contributed by atoms with Gasteiger partial charge >= 0.3 is 0 Å².